The zero-order chi connectivity index (χ0) is 21.8. The van der Waals surface area contributed by atoms with Crippen molar-refractivity contribution in [2.75, 3.05) is 24.4 Å². The van der Waals surface area contributed by atoms with E-state index in [1.54, 1.807) is 7.11 Å². The second-order valence-electron chi connectivity index (χ2n) is 6.49. The van der Waals surface area contributed by atoms with E-state index in [1.165, 1.54) is 16.4 Å². The van der Waals surface area contributed by atoms with Gasteiger partial charge in [-0.3, -0.25) is 4.79 Å². The van der Waals surface area contributed by atoms with Crippen LogP contribution in [-0.2, 0) is 11.3 Å². The molecule has 10 heteroatoms. The van der Waals surface area contributed by atoms with Crippen LogP contribution in [0.1, 0.15) is 0 Å². The maximum absolute atomic E-state index is 12.4. The summed E-state index contributed by atoms with van der Waals surface area (Å²) in [6, 6.07) is 16.5. The molecular formula is C21H20N6O3S. The Morgan fingerprint density at radius 3 is 2.61 bits per heavy atom. The number of nitrogens with zero attached hydrogens (tertiary/aromatic N) is 4. The van der Waals surface area contributed by atoms with Crippen molar-refractivity contribution in [1.29, 1.82) is 0 Å². The average molecular weight is 436 g/mol. The number of amides is 1. The minimum absolute atomic E-state index is 0.0479. The van der Waals surface area contributed by atoms with Gasteiger partial charge >= 0.3 is 0 Å². The van der Waals surface area contributed by atoms with Crippen LogP contribution in [0.25, 0.3) is 22.8 Å². The molecular weight excluding hydrogens is 416 g/mol. The van der Waals surface area contributed by atoms with Crippen molar-refractivity contribution in [3.8, 4) is 28.6 Å². The van der Waals surface area contributed by atoms with Gasteiger partial charge in [0.2, 0.25) is 11.7 Å². The van der Waals surface area contributed by atoms with Crippen LogP contribution in [-0.4, -0.2) is 39.2 Å². The number of methoxy groups -OCH3 is 1. The molecule has 2 aromatic carbocycles. The minimum atomic E-state index is -0.246. The number of para-hydroxylation sites is 1. The van der Waals surface area contributed by atoms with Crippen LogP contribution in [0.4, 0.5) is 11.5 Å². The molecule has 0 aliphatic heterocycles. The number of nitrogen functional groups attached to an aromatic ring is 1. The normalized spacial score (nSPS) is 10.8. The summed E-state index contributed by atoms with van der Waals surface area (Å²) in [6.45, 7) is -0.0479. The maximum atomic E-state index is 12.4. The number of hydrogen-bond acceptors (Lipinski definition) is 8. The number of anilines is 2. The maximum Gasteiger partial charge on any atom is 0.264 e. The number of nitrogens with two attached hydrogens (primary N) is 1. The first-order chi connectivity index (χ1) is 15.1. The van der Waals surface area contributed by atoms with Gasteiger partial charge in [0.05, 0.1) is 7.11 Å². The van der Waals surface area contributed by atoms with Gasteiger partial charge in [-0.2, -0.15) is 10.1 Å². The lowest BCUT2D eigenvalue weighted by atomic mass is 10.2. The SMILES string of the molecule is COc1ccc(-c2noc(-c3c(SC)nn(CC(=O)Nc4ccccc4)c3N)n2)cc1. The second kappa shape index (κ2) is 8.92. The molecule has 1 amide bonds. The number of carbonyl (C=O) groups is 1. The van der Waals surface area contributed by atoms with Crippen LogP contribution < -0.4 is 15.8 Å². The van der Waals surface area contributed by atoms with Gasteiger partial charge in [0.1, 0.15) is 28.7 Å². The average Bonchev–Trinajstić information content (AvgIpc) is 3.39. The molecule has 2 heterocycles. The van der Waals surface area contributed by atoms with Crippen molar-refractivity contribution in [2.24, 2.45) is 0 Å². The molecule has 4 aromatic rings. The van der Waals surface area contributed by atoms with Crippen LogP contribution in [0, 0.1) is 0 Å². The quantitative estimate of drug-likeness (QED) is 0.422. The Morgan fingerprint density at radius 1 is 1.19 bits per heavy atom. The van der Waals surface area contributed by atoms with E-state index in [9.17, 15) is 4.79 Å². The van der Waals surface area contributed by atoms with Crippen LogP contribution in [0.5, 0.6) is 5.75 Å². The molecule has 4 rings (SSSR count). The van der Waals surface area contributed by atoms with Gasteiger partial charge in [0.15, 0.2) is 0 Å². The second-order valence-corrected chi connectivity index (χ2v) is 7.29. The van der Waals surface area contributed by atoms with Gasteiger partial charge < -0.3 is 20.3 Å². The number of nitrogens with one attached hydrogen (secondary N) is 1. The fourth-order valence-electron chi connectivity index (χ4n) is 2.96. The third kappa shape index (κ3) is 4.38. The smallest absolute Gasteiger partial charge is 0.264 e. The van der Waals surface area contributed by atoms with Crippen LogP contribution in [0.2, 0.25) is 0 Å². The summed E-state index contributed by atoms with van der Waals surface area (Å²) >= 11 is 1.38. The predicted molar refractivity (Wildman–Crippen MR) is 119 cm³/mol. The van der Waals surface area contributed by atoms with E-state index in [2.05, 4.69) is 20.6 Å². The van der Waals surface area contributed by atoms with Gasteiger partial charge in [0.25, 0.3) is 5.89 Å². The molecule has 0 atom stereocenters. The minimum Gasteiger partial charge on any atom is -0.497 e. The van der Waals surface area contributed by atoms with E-state index in [4.69, 9.17) is 15.0 Å². The standard InChI is InChI=1S/C21H20N6O3S/c1-29-15-10-8-13(9-11-15)19-24-20(30-26-19)17-18(22)27(25-21(17)31-2)12-16(28)23-14-6-4-3-5-7-14/h3-11H,12,22H2,1-2H3,(H,23,28). The van der Waals surface area contributed by atoms with Crippen LogP contribution in [0.3, 0.4) is 0 Å². The Bertz CT molecular complexity index is 1190. The summed E-state index contributed by atoms with van der Waals surface area (Å²) < 4.78 is 12.1. The molecule has 0 unspecified atom stereocenters. The van der Waals surface area contributed by atoms with Crippen LogP contribution >= 0.6 is 11.8 Å². The molecule has 0 aliphatic carbocycles. The zero-order valence-corrected chi connectivity index (χ0v) is 17.7. The Labute approximate surface area is 182 Å². The first-order valence-corrected chi connectivity index (χ1v) is 10.5. The molecule has 0 spiro atoms. The molecule has 158 valence electrons. The van der Waals surface area contributed by atoms with E-state index in [0.717, 1.165) is 11.3 Å². The Kier molecular flexibility index (Phi) is 5.89. The summed E-state index contributed by atoms with van der Waals surface area (Å²) in [5.41, 5.74) is 8.28. The molecule has 0 fully saturated rings. The van der Waals surface area contributed by atoms with Crippen molar-refractivity contribution in [3.05, 3.63) is 54.6 Å². The fourth-order valence-corrected chi connectivity index (χ4v) is 3.53. The van der Waals surface area contributed by atoms with Crippen LogP contribution in [0.15, 0.2) is 64.1 Å². The zero-order valence-electron chi connectivity index (χ0n) is 16.9. The Morgan fingerprint density at radius 2 is 1.94 bits per heavy atom. The van der Waals surface area contributed by atoms with Crippen molar-refractivity contribution >= 4 is 29.2 Å². The molecule has 0 saturated heterocycles. The van der Waals surface area contributed by atoms with Crippen molar-refractivity contribution in [3.63, 3.8) is 0 Å². The van der Waals surface area contributed by atoms with Gasteiger partial charge in [-0.15, -0.1) is 11.8 Å². The third-order valence-corrected chi connectivity index (χ3v) is 5.16. The first kappa shape index (κ1) is 20.5. The number of thioether (sulfide) groups is 1. The number of hydrogen-bond donors (Lipinski definition) is 2. The first-order valence-electron chi connectivity index (χ1n) is 9.32. The lowest BCUT2D eigenvalue weighted by Gasteiger charge is -2.06. The lowest BCUT2D eigenvalue weighted by Crippen LogP contribution is -2.20. The topological polar surface area (TPSA) is 121 Å². The summed E-state index contributed by atoms with van der Waals surface area (Å²) in [5.74, 6) is 1.42. The number of carbonyl (C=O) groups excluding carboxylic acids is 1. The number of aromatic nitrogens is 4. The molecule has 0 radical (unpaired) electrons. The van der Waals surface area contributed by atoms with Gasteiger partial charge in [0, 0.05) is 11.3 Å². The Hall–Kier alpha value is -3.79. The number of rotatable bonds is 7. The van der Waals surface area contributed by atoms with Crippen molar-refractivity contribution in [1.82, 2.24) is 19.9 Å². The summed E-state index contributed by atoms with van der Waals surface area (Å²) in [5, 5.41) is 11.9. The summed E-state index contributed by atoms with van der Waals surface area (Å²) in [7, 11) is 1.60. The van der Waals surface area contributed by atoms with E-state index >= 15 is 0 Å². The lowest BCUT2D eigenvalue weighted by molar-refractivity contribution is -0.116. The largest absolute Gasteiger partial charge is 0.497 e. The molecule has 0 saturated carbocycles. The fraction of sp³-hybridized carbons (Fsp3) is 0.143. The molecule has 2 aromatic heterocycles. The van der Waals surface area contributed by atoms with E-state index < -0.39 is 0 Å². The highest BCUT2D eigenvalue weighted by Gasteiger charge is 2.23. The molecule has 0 aliphatic rings. The molecule has 3 N–H and O–H groups in total. The van der Waals surface area contributed by atoms with Gasteiger partial charge in [-0.1, -0.05) is 23.4 Å². The van der Waals surface area contributed by atoms with Crippen molar-refractivity contribution < 1.29 is 14.1 Å². The van der Waals surface area contributed by atoms with Gasteiger partial charge in [-0.05, 0) is 42.7 Å². The van der Waals surface area contributed by atoms with E-state index in [0.29, 0.717) is 22.1 Å². The highest BCUT2D eigenvalue weighted by atomic mass is 32.2. The summed E-state index contributed by atoms with van der Waals surface area (Å²) in [4.78, 5) is 16.9. The number of benzene rings is 2. The predicted octanol–water partition coefficient (Wildman–Crippen LogP) is 3.55. The highest BCUT2D eigenvalue weighted by Crippen LogP contribution is 2.35. The van der Waals surface area contributed by atoms with Gasteiger partial charge in [-0.25, -0.2) is 4.68 Å². The molecule has 9 nitrogen and oxygen atoms in total. The van der Waals surface area contributed by atoms with E-state index in [-0.39, 0.29) is 24.2 Å². The van der Waals surface area contributed by atoms with E-state index in [1.807, 2.05) is 60.9 Å². The number of ether oxygens (including phenoxy) is 1. The summed E-state index contributed by atoms with van der Waals surface area (Å²) in [6.07, 6.45) is 1.86. The molecule has 31 heavy (non-hydrogen) atoms. The third-order valence-electron chi connectivity index (χ3n) is 4.49. The monoisotopic (exact) mass is 436 g/mol. The Balaban J connectivity index is 1.58. The molecule has 0 bridgehead atoms. The highest BCUT2D eigenvalue weighted by molar-refractivity contribution is 7.98. The van der Waals surface area contributed by atoms with Crippen molar-refractivity contribution in [2.45, 2.75) is 11.6 Å².